The zero-order valence-corrected chi connectivity index (χ0v) is 17.2. The standard InChI is InChI=1S/C22H31N3O4/c1-2-3-14-29-18-9-7-8-17(15-18)16-23-19(26)10-13-25-20(27)22(24-21(25)28)11-5-4-6-12-22/h7-9,15H,2-6,10-14,16H2,1H3,(H,23,26)(H,24,28). The third kappa shape index (κ3) is 5.28. The number of unbranched alkanes of at least 4 members (excludes halogenated alkanes) is 1. The average Bonchev–Trinajstić information content (AvgIpc) is 2.95. The van der Waals surface area contributed by atoms with Crippen LogP contribution in [0.2, 0.25) is 0 Å². The van der Waals surface area contributed by atoms with Crippen LogP contribution in [0.15, 0.2) is 24.3 Å². The first kappa shape index (κ1) is 21.1. The highest BCUT2D eigenvalue weighted by molar-refractivity contribution is 6.07. The van der Waals surface area contributed by atoms with Crippen molar-refractivity contribution in [3.05, 3.63) is 29.8 Å². The Morgan fingerprint density at radius 2 is 2.03 bits per heavy atom. The van der Waals surface area contributed by atoms with Gasteiger partial charge in [-0.2, -0.15) is 0 Å². The third-order valence-corrected chi connectivity index (χ3v) is 5.67. The lowest BCUT2D eigenvalue weighted by molar-refractivity contribution is -0.132. The number of nitrogens with one attached hydrogen (secondary N) is 2. The number of carbonyl (C=O) groups is 3. The smallest absolute Gasteiger partial charge is 0.325 e. The number of nitrogens with zero attached hydrogens (tertiary/aromatic N) is 1. The predicted octanol–water partition coefficient (Wildman–Crippen LogP) is 3.13. The van der Waals surface area contributed by atoms with Crippen LogP contribution in [0.5, 0.6) is 5.75 Å². The van der Waals surface area contributed by atoms with Gasteiger partial charge in [0.15, 0.2) is 0 Å². The summed E-state index contributed by atoms with van der Waals surface area (Å²) in [7, 11) is 0. The van der Waals surface area contributed by atoms with Gasteiger partial charge in [-0.1, -0.05) is 44.7 Å². The maximum Gasteiger partial charge on any atom is 0.325 e. The number of imide groups is 1. The molecule has 1 aliphatic heterocycles. The number of rotatable bonds is 9. The molecule has 3 rings (SSSR count). The molecule has 7 nitrogen and oxygen atoms in total. The summed E-state index contributed by atoms with van der Waals surface area (Å²) in [4.78, 5) is 38.4. The predicted molar refractivity (Wildman–Crippen MR) is 109 cm³/mol. The summed E-state index contributed by atoms with van der Waals surface area (Å²) in [5.41, 5.74) is 0.216. The molecule has 0 bridgehead atoms. The number of urea groups is 1. The molecule has 7 heteroatoms. The van der Waals surface area contributed by atoms with Crippen LogP contribution in [0.1, 0.15) is 63.9 Å². The molecule has 1 saturated heterocycles. The second kappa shape index (κ2) is 9.76. The van der Waals surface area contributed by atoms with Gasteiger partial charge < -0.3 is 15.4 Å². The van der Waals surface area contributed by atoms with E-state index in [2.05, 4.69) is 17.6 Å². The van der Waals surface area contributed by atoms with Crippen LogP contribution in [-0.2, 0) is 16.1 Å². The summed E-state index contributed by atoms with van der Waals surface area (Å²) in [5.74, 6) is 0.432. The van der Waals surface area contributed by atoms with Crippen LogP contribution in [0.3, 0.4) is 0 Å². The summed E-state index contributed by atoms with van der Waals surface area (Å²) in [5, 5.41) is 5.72. The van der Waals surface area contributed by atoms with E-state index < -0.39 is 5.54 Å². The van der Waals surface area contributed by atoms with Crippen LogP contribution in [0.25, 0.3) is 0 Å². The molecule has 0 unspecified atom stereocenters. The van der Waals surface area contributed by atoms with Gasteiger partial charge in [0.25, 0.3) is 5.91 Å². The molecule has 0 aromatic heterocycles. The highest BCUT2D eigenvalue weighted by atomic mass is 16.5. The molecule has 2 aliphatic rings. The quantitative estimate of drug-likeness (QED) is 0.492. The molecule has 1 aromatic rings. The molecule has 1 aromatic carbocycles. The molecule has 2 N–H and O–H groups in total. The Labute approximate surface area is 172 Å². The molecule has 1 aliphatic carbocycles. The normalized spacial score (nSPS) is 18.0. The number of ether oxygens (including phenoxy) is 1. The van der Waals surface area contributed by atoms with Crippen molar-refractivity contribution in [1.29, 1.82) is 0 Å². The van der Waals surface area contributed by atoms with E-state index in [1.165, 1.54) is 4.90 Å². The maximum atomic E-state index is 12.7. The molecule has 0 atom stereocenters. The Morgan fingerprint density at radius 3 is 2.79 bits per heavy atom. The van der Waals surface area contributed by atoms with Gasteiger partial charge >= 0.3 is 6.03 Å². The van der Waals surface area contributed by atoms with E-state index in [0.29, 0.717) is 26.0 Å². The van der Waals surface area contributed by atoms with Gasteiger partial charge in [-0.05, 0) is 37.0 Å². The number of benzene rings is 1. The SMILES string of the molecule is CCCCOc1cccc(CNC(=O)CCN2C(=O)NC3(CCCCC3)C2=O)c1. The average molecular weight is 402 g/mol. The van der Waals surface area contributed by atoms with E-state index in [4.69, 9.17) is 4.74 Å². The minimum atomic E-state index is -0.732. The molecule has 1 spiro atoms. The van der Waals surface area contributed by atoms with Crippen molar-refractivity contribution in [1.82, 2.24) is 15.5 Å². The van der Waals surface area contributed by atoms with Crippen molar-refractivity contribution in [3.8, 4) is 5.75 Å². The lowest BCUT2D eigenvalue weighted by Crippen LogP contribution is -2.48. The minimum absolute atomic E-state index is 0.0991. The summed E-state index contributed by atoms with van der Waals surface area (Å²) >= 11 is 0. The molecule has 29 heavy (non-hydrogen) atoms. The summed E-state index contributed by atoms with van der Waals surface area (Å²) in [6, 6.07) is 7.28. The van der Waals surface area contributed by atoms with Crippen molar-refractivity contribution in [2.75, 3.05) is 13.2 Å². The highest BCUT2D eigenvalue weighted by Gasteiger charge is 2.50. The highest BCUT2D eigenvalue weighted by Crippen LogP contribution is 2.33. The number of amides is 4. The largest absolute Gasteiger partial charge is 0.494 e. The molecule has 1 heterocycles. The second-order valence-corrected chi connectivity index (χ2v) is 7.91. The first-order chi connectivity index (χ1) is 14.0. The fourth-order valence-electron chi connectivity index (χ4n) is 3.96. The lowest BCUT2D eigenvalue weighted by Gasteiger charge is -2.30. The van der Waals surface area contributed by atoms with E-state index in [-0.39, 0.29) is 30.8 Å². The Morgan fingerprint density at radius 1 is 1.24 bits per heavy atom. The topological polar surface area (TPSA) is 87.7 Å². The van der Waals surface area contributed by atoms with Gasteiger partial charge in [-0.25, -0.2) is 4.79 Å². The van der Waals surface area contributed by atoms with Crippen molar-refractivity contribution in [2.24, 2.45) is 0 Å². The molecule has 1 saturated carbocycles. The van der Waals surface area contributed by atoms with Gasteiger partial charge in [0.1, 0.15) is 11.3 Å². The number of hydrogen-bond acceptors (Lipinski definition) is 4. The second-order valence-electron chi connectivity index (χ2n) is 7.91. The van der Waals surface area contributed by atoms with Crippen LogP contribution in [0, 0.1) is 0 Å². The Balaban J connectivity index is 1.45. The molecule has 0 radical (unpaired) electrons. The molecular formula is C22H31N3O4. The first-order valence-electron chi connectivity index (χ1n) is 10.7. The molecular weight excluding hydrogens is 370 g/mol. The Bertz CT molecular complexity index is 743. The van der Waals surface area contributed by atoms with E-state index >= 15 is 0 Å². The van der Waals surface area contributed by atoms with Gasteiger partial charge in [-0.15, -0.1) is 0 Å². The van der Waals surface area contributed by atoms with E-state index in [9.17, 15) is 14.4 Å². The fourth-order valence-corrected chi connectivity index (χ4v) is 3.96. The van der Waals surface area contributed by atoms with E-state index in [1.54, 1.807) is 0 Å². The van der Waals surface area contributed by atoms with Crippen LogP contribution < -0.4 is 15.4 Å². The third-order valence-electron chi connectivity index (χ3n) is 5.67. The van der Waals surface area contributed by atoms with Crippen molar-refractivity contribution >= 4 is 17.8 Å². The monoisotopic (exact) mass is 401 g/mol. The van der Waals surface area contributed by atoms with Crippen LogP contribution in [0.4, 0.5) is 4.79 Å². The first-order valence-corrected chi connectivity index (χ1v) is 10.7. The zero-order valence-electron chi connectivity index (χ0n) is 17.2. The van der Waals surface area contributed by atoms with Crippen molar-refractivity contribution < 1.29 is 19.1 Å². The van der Waals surface area contributed by atoms with E-state index in [0.717, 1.165) is 43.4 Å². The Hall–Kier alpha value is -2.57. The van der Waals surface area contributed by atoms with Gasteiger partial charge in [0.05, 0.1) is 6.61 Å². The van der Waals surface area contributed by atoms with Crippen molar-refractivity contribution in [2.45, 2.75) is 70.4 Å². The Kier molecular flexibility index (Phi) is 7.12. The number of hydrogen-bond donors (Lipinski definition) is 2. The molecule has 158 valence electrons. The van der Waals surface area contributed by atoms with E-state index in [1.807, 2.05) is 24.3 Å². The summed E-state index contributed by atoms with van der Waals surface area (Å²) in [6.07, 6.45) is 6.55. The van der Waals surface area contributed by atoms with Crippen LogP contribution >= 0.6 is 0 Å². The summed E-state index contributed by atoms with van der Waals surface area (Å²) in [6.45, 7) is 3.29. The van der Waals surface area contributed by atoms with Gasteiger partial charge in [0.2, 0.25) is 5.91 Å². The number of carbonyl (C=O) groups excluding carboxylic acids is 3. The fraction of sp³-hybridized carbons (Fsp3) is 0.591. The summed E-state index contributed by atoms with van der Waals surface area (Å²) < 4.78 is 5.69. The lowest BCUT2D eigenvalue weighted by atomic mass is 9.82. The van der Waals surface area contributed by atoms with Gasteiger partial charge in [0, 0.05) is 19.5 Å². The molecule has 4 amide bonds. The minimum Gasteiger partial charge on any atom is -0.494 e. The van der Waals surface area contributed by atoms with Crippen molar-refractivity contribution in [3.63, 3.8) is 0 Å². The van der Waals surface area contributed by atoms with Gasteiger partial charge in [-0.3, -0.25) is 14.5 Å². The zero-order chi connectivity index (χ0) is 20.7. The molecule has 2 fully saturated rings. The van der Waals surface area contributed by atoms with Crippen LogP contribution in [-0.4, -0.2) is 41.4 Å². The maximum absolute atomic E-state index is 12.7.